The van der Waals surface area contributed by atoms with Gasteiger partial charge in [-0.15, -0.1) is 0 Å². The molecule has 1 aromatic rings. The number of nitrogens with zero attached hydrogens (tertiary/aromatic N) is 2. The summed E-state index contributed by atoms with van der Waals surface area (Å²) in [6, 6.07) is 1.85. The van der Waals surface area contributed by atoms with Gasteiger partial charge in [0.2, 0.25) is 0 Å². The van der Waals surface area contributed by atoms with Gasteiger partial charge in [-0.2, -0.15) is 0 Å². The summed E-state index contributed by atoms with van der Waals surface area (Å²) in [5.74, 6) is 0.681. The predicted octanol–water partition coefficient (Wildman–Crippen LogP) is 0.194. The number of hydrogen-bond donors (Lipinski definition) is 3. The van der Waals surface area contributed by atoms with Crippen LogP contribution in [0.2, 0.25) is 0 Å². The maximum atomic E-state index is 9.14. The molecule has 1 rings (SSSR count). The average molecular weight is 211 g/mol. The lowest BCUT2D eigenvalue weighted by Crippen LogP contribution is -2.23. The summed E-state index contributed by atoms with van der Waals surface area (Å²) in [5.41, 5.74) is 0.980. The molecule has 0 spiro atoms. The summed E-state index contributed by atoms with van der Waals surface area (Å²) in [6.45, 7) is 2.13. The van der Waals surface area contributed by atoms with E-state index in [9.17, 15) is 0 Å². The number of rotatable bonds is 6. The number of nitrogens with one attached hydrogen (secondary N) is 1. The number of anilines is 1. The molecule has 0 radical (unpaired) electrons. The van der Waals surface area contributed by atoms with Crippen LogP contribution < -0.4 is 5.32 Å². The first kappa shape index (κ1) is 11.9. The SMILES string of the molecule is CCCc1cc(NCC(O)CO)ncn1. The second kappa shape index (κ2) is 6.31. The van der Waals surface area contributed by atoms with Gasteiger partial charge in [-0.05, 0) is 6.42 Å². The fourth-order valence-electron chi connectivity index (χ4n) is 1.17. The first-order chi connectivity index (χ1) is 7.26. The van der Waals surface area contributed by atoms with E-state index in [1.807, 2.05) is 6.07 Å². The van der Waals surface area contributed by atoms with E-state index in [1.54, 1.807) is 0 Å². The number of aryl methyl sites for hydroxylation is 1. The molecule has 0 saturated carbocycles. The third kappa shape index (κ3) is 4.22. The highest BCUT2D eigenvalue weighted by Crippen LogP contribution is 2.05. The maximum absolute atomic E-state index is 9.14. The Morgan fingerprint density at radius 2 is 2.27 bits per heavy atom. The molecule has 0 aliphatic carbocycles. The van der Waals surface area contributed by atoms with Crippen molar-refractivity contribution in [2.45, 2.75) is 25.9 Å². The molecule has 84 valence electrons. The quantitative estimate of drug-likeness (QED) is 0.626. The zero-order valence-corrected chi connectivity index (χ0v) is 8.85. The lowest BCUT2D eigenvalue weighted by Gasteiger charge is -2.09. The van der Waals surface area contributed by atoms with Crippen molar-refractivity contribution < 1.29 is 10.2 Å². The van der Waals surface area contributed by atoms with E-state index in [4.69, 9.17) is 10.2 Å². The van der Waals surface area contributed by atoms with E-state index in [0.29, 0.717) is 12.4 Å². The van der Waals surface area contributed by atoms with Crippen molar-refractivity contribution in [1.82, 2.24) is 9.97 Å². The summed E-state index contributed by atoms with van der Waals surface area (Å²) < 4.78 is 0. The van der Waals surface area contributed by atoms with Crippen LogP contribution in [-0.2, 0) is 6.42 Å². The van der Waals surface area contributed by atoms with E-state index in [-0.39, 0.29) is 6.61 Å². The number of aliphatic hydroxyl groups is 2. The van der Waals surface area contributed by atoms with Gasteiger partial charge in [-0.3, -0.25) is 0 Å². The van der Waals surface area contributed by atoms with Crippen molar-refractivity contribution in [3.05, 3.63) is 18.1 Å². The van der Waals surface area contributed by atoms with E-state index in [2.05, 4.69) is 22.2 Å². The van der Waals surface area contributed by atoms with Crippen molar-refractivity contribution in [2.24, 2.45) is 0 Å². The van der Waals surface area contributed by atoms with Gasteiger partial charge in [0, 0.05) is 18.3 Å². The fourth-order valence-corrected chi connectivity index (χ4v) is 1.17. The van der Waals surface area contributed by atoms with Gasteiger partial charge in [0.05, 0.1) is 12.7 Å². The summed E-state index contributed by atoms with van der Waals surface area (Å²) in [7, 11) is 0. The molecule has 1 unspecified atom stereocenters. The van der Waals surface area contributed by atoms with E-state index in [0.717, 1.165) is 18.5 Å². The minimum absolute atomic E-state index is 0.250. The van der Waals surface area contributed by atoms with Gasteiger partial charge in [-0.25, -0.2) is 9.97 Å². The molecule has 5 heteroatoms. The lowest BCUT2D eigenvalue weighted by atomic mass is 10.2. The first-order valence-corrected chi connectivity index (χ1v) is 5.10. The molecule has 0 fully saturated rings. The number of hydrogen-bond acceptors (Lipinski definition) is 5. The van der Waals surface area contributed by atoms with Crippen molar-refractivity contribution in [3.8, 4) is 0 Å². The zero-order chi connectivity index (χ0) is 11.1. The van der Waals surface area contributed by atoms with Gasteiger partial charge in [-0.1, -0.05) is 13.3 Å². The highest BCUT2D eigenvalue weighted by molar-refractivity contribution is 5.34. The van der Waals surface area contributed by atoms with Crippen LogP contribution in [0.1, 0.15) is 19.0 Å². The molecule has 15 heavy (non-hydrogen) atoms. The van der Waals surface area contributed by atoms with Crippen LogP contribution >= 0.6 is 0 Å². The minimum atomic E-state index is -0.755. The number of aliphatic hydroxyl groups excluding tert-OH is 2. The van der Waals surface area contributed by atoms with Gasteiger partial charge in [0.1, 0.15) is 12.1 Å². The Hall–Kier alpha value is -1.20. The summed E-state index contributed by atoms with van der Waals surface area (Å²) in [6.07, 6.45) is 2.70. The van der Waals surface area contributed by atoms with Crippen LogP contribution in [0.25, 0.3) is 0 Å². The topological polar surface area (TPSA) is 78.3 Å². The Bertz CT molecular complexity index is 294. The van der Waals surface area contributed by atoms with E-state index < -0.39 is 6.10 Å². The van der Waals surface area contributed by atoms with Crippen LogP contribution in [0.4, 0.5) is 5.82 Å². The fraction of sp³-hybridized carbons (Fsp3) is 0.600. The Balaban J connectivity index is 2.50. The third-order valence-corrected chi connectivity index (χ3v) is 1.96. The van der Waals surface area contributed by atoms with Crippen molar-refractivity contribution in [1.29, 1.82) is 0 Å². The normalized spacial score (nSPS) is 12.5. The molecule has 1 heterocycles. The molecule has 3 N–H and O–H groups in total. The third-order valence-electron chi connectivity index (χ3n) is 1.96. The highest BCUT2D eigenvalue weighted by atomic mass is 16.3. The Labute approximate surface area is 89.2 Å². The molecule has 5 nitrogen and oxygen atoms in total. The average Bonchev–Trinajstić information content (AvgIpc) is 2.27. The van der Waals surface area contributed by atoms with Crippen molar-refractivity contribution in [3.63, 3.8) is 0 Å². The standard InChI is InChI=1S/C10H17N3O2/c1-2-3-8-4-10(13-7-12-8)11-5-9(15)6-14/h4,7,9,14-15H,2-3,5-6H2,1H3,(H,11,12,13). The van der Waals surface area contributed by atoms with Crippen LogP contribution in [0.15, 0.2) is 12.4 Å². The molecular formula is C10H17N3O2. The van der Waals surface area contributed by atoms with Crippen LogP contribution in [0.3, 0.4) is 0 Å². The minimum Gasteiger partial charge on any atom is -0.394 e. The second-order valence-electron chi connectivity index (χ2n) is 3.36. The molecule has 0 aliphatic heterocycles. The monoisotopic (exact) mass is 211 g/mol. The smallest absolute Gasteiger partial charge is 0.129 e. The van der Waals surface area contributed by atoms with Crippen molar-refractivity contribution in [2.75, 3.05) is 18.5 Å². The molecule has 0 bridgehead atoms. The van der Waals surface area contributed by atoms with E-state index >= 15 is 0 Å². The van der Waals surface area contributed by atoms with Crippen LogP contribution in [0.5, 0.6) is 0 Å². The summed E-state index contributed by atoms with van der Waals surface area (Å²) in [4.78, 5) is 8.13. The van der Waals surface area contributed by atoms with Gasteiger partial charge in [0.15, 0.2) is 0 Å². The second-order valence-corrected chi connectivity index (χ2v) is 3.36. The number of aromatic nitrogens is 2. The molecule has 1 atom stereocenters. The molecular weight excluding hydrogens is 194 g/mol. The Kier molecular flexibility index (Phi) is 5.00. The van der Waals surface area contributed by atoms with Crippen molar-refractivity contribution >= 4 is 5.82 Å². The molecule has 1 aromatic heterocycles. The largest absolute Gasteiger partial charge is 0.394 e. The van der Waals surface area contributed by atoms with Gasteiger partial charge >= 0.3 is 0 Å². The van der Waals surface area contributed by atoms with Gasteiger partial charge < -0.3 is 15.5 Å². The van der Waals surface area contributed by atoms with Crippen LogP contribution in [0, 0.1) is 0 Å². The molecule has 0 aliphatic rings. The van der Waals surface area contributed by atoms with Crippen LogP contribution in [-0.4, -0.2) is 39.4 Å². The Morgan fingerprint density at radius 3 is 2.93 bits per heavy atom. The summed E-state index contributed by atoms with van der Waals surface area (Å²) in [5, 5.41) is 20.7. The van der Waals surface area contributed by atoms with Gasteiger partial charge in [0.25, 0.3) is 0 Å². The maximum Gasteiger partial charge on any atom is 0.129 e. The molecule has 0 amide bonds. The predicted molar refractivity (Wildman–Crippen MR) is 57.6 cm³/mol. The highest BCUT2D eigenvalue weighted by Gasteiger charge is 2.02. The molecule has 0 aromatic carbocycles. The van der Waals surface area contributed by atoms with E-state index in [1.165, 1.54) is 6.33 Å². The molecule has 0 saturated heterocycles. The zero-order valence-electron chi connectivity index (χ0n) is 8.85. The Morgan fingerprint density at radius 1 is 1.47 bits per heavy atom. The first-order valence-electron chi connectivity index (χ1n) is 5.10. The summed E-state index contributed by atoms with van der Waals surface area (Å²) >= 11 is 0. The lowest BCUT2D eigenvalue weighted by molar-refractivity contribution is 0.105.